The van der Waals surface area contributed by atoms with E-state index in [9.17, 15) is 9.65 Å². The fourth-order valence-electron chi connectivity index (χ4n) is 3.00. The van der Waals surface area contributed by atoms with Crippen LogP contribution in [0.2, 0.25) is 0 Å². The number of nitrogens with two attached hydrogens (primary N) is 1. The second kappa shape index (κ2) is 7.25. The van der Waals surface area contributed by atoms with Crippen molar-refractivity contribution in [3.05, 3.63) is 72.1 Å². The summed E-state index contributed by atoms with van der Waals surface area (Å²) >= 11 is 0. The molecule has 7 nitrogen and oxygen atoms in total. The summed E-state index contributed by atoms with van der Waals surface area (Å²) in [5.41, 5.74) is 8.41. The van der Waals surface area contributed by atoms with E-state index in [4.69, 9.17) is 5.73 Å². The van der Waals surface area contributed by atoms with E-state index < -0.39 is 5.82 Å². The smallest absolute Gasteiger partial charge is 0.149 e. The van der Waals surface area contributed by atoms with Gasteiger partial charge in [0.1, 0.15) is 40.9 Å². The molecule has 0 radical (unpaired) electrons. The standard InChI is InChI=1S/C20H14FN7/c21-15-5-3-4-13-17(16-6-1-2-7-24-16)12(9-25-18(13)15)10-26-20-14(8-22)19(23)27-11-28-20/h1-7,9,11H,10H2,(H3,23,26,27,28). The number of para-hydroxylation sites is 1. The first-order valence-electron chi connectivity index (χ1n) is 8.41. The predicted octanol–water partition coefficient (Wildman–Crippen LogP) is 3.29. The Balaban J connectivity index is 1.82. The zero-order chi connectivity index (χ0) is 19.5. The van der Waals surface area contributed by atoms with E-state index in [0.717, 1.165) is 11.1 Å². The summed E-state index contributed by atoms with van der Waals surface area (Å²) in [7, 11) is 0. The first-order valence-corrected chi connectivity index (χ1v) is 8.41. The second-order valence-electron chi connectivity index (χ2n) is 5.96. The van der Waals surface area contributed by atoms with Gasteiger partial charge in [0.25, 0.3) is 0 Å². The summed E-state index contributed by atoms with van der Waals surface area (Å²) in [5, 5.41) is 13.0. The van der Waals surface area contributed by atoms with Crippen molar-refractivity contribution >= 4 is 22.5 Å². The number of aromatic nitrogens is 4. The Morgan fingerprint density at radius 2 is 1.96 bits per heavy atom. The Morgan fingerprint density at radius 3 is 2.75 bits per heavy atom. The third-order valence-electron chi connectivity index (χ3n) is 4.28. The van der Waals surface area contributed by atoms with Crippen molar-refractivity contribution in [2.45, 2.75) is 6.54 Å². The highest BCUT2D eigenvalue weighted by Gasteiger charge is 2.15. The molecule has 0 spiro atoms. The van der Waals surface area contributed by atoms with E-state index in [1.54, 1.807) is 18.5 Å². The molecule has 3 N–H and O–H groups in total. The average molecular weight is 371 g/mol. The number of fused-ring (bicyclic) bond motifs is 1. The molecule has 0 saturated carbocycles. The van der Waals surface area contributed by atoms with E-state index in [1.165, 1.54) is 12.4 Å². The Morgan fingerprint density at radius 1 is 1.07 bits per heavy atom. The van der Waals surface area contributed by atoms with Gasteiger partial charge >= 0.3 is 0 Å². The van der Waals surface area contributed by atoms with Crippen LogP contribution in [0.1, 0.15) is 11.1 Å². The van der Waals surface area contributed by atoms with Crippen LogP contribution in [0.5, 0.6) is 0 Å². The van der Waals surface area contributed by atoms with Gasteiger partial charge in [-0.15, -0.1) is 0 Å². The highest BCUT2D eigenvalue weighted by atomic mass is 19.1. The maximum absolute atomic E-state index is 14.2. The molecule has 4 aromatic rings. The minimum absolute atomic E-state index is 0.101. The summed E-state index contributed by atoms with van der Waals surface area (Å²) < 4.78 is 14.2. The van der Waals surface area contributed by atoms with Crippen LogP contribution in [-0.4, -0.2) is 19.9 Å². The monoisotopic (exact) mass is 371 g/mol. The predicted molar refractivity (Wildman–Crippen MR) is 103 cm³/mol. The summed E-state index contributed by atoms with van der Waals surface area (Å²) in [4.78, 5) is 16.6. The van der Waals surface area contributed by atoms with E-state index in [1.807, 2.05) is 30.3 Å². The number of rotatable bonds is 4. The normalized spacial score (nSPS) is 10.6. The lowest BCUT2D eigenvalue weighted by Crippen LogP contribution is -2.08. The second-order valence-corrected chi connectivity index (χ2v) is 5.96. The van der Waals surface area contributed by atoms with Gasteiger partial charge in [-0.2, -0.15) is 5.26 Å². The molecule has 1 aromatic carbocycles. The van der Waals surface area contributed by atoms with Crippen molar-refractivity contribution in [2.24, 2.45) is 0 Å². The quantitative estimate of drug-likeness (QED) is 0.566. The molecule has 3 heterocycles. The van der Waals surface area contributed by atoms with Crippen molar-refractivity contribution in [3.8, 4) is 17.3 Å². The minimum atomic E-state index is -0.399. The third kappa shape index (κ3) is 3.05. The largest absolute Gasteiger partial charge is 0.382 e. The number of hydrogen-bond donors (Lipinski definition) is 2. The van der Waals surface area contributed by atoms with Gasteiger partial charge in [0, 0.05) is 29.9 Å². The first kappa shape index (κ1) is 17.3. The zero-order valence-electron chi connectivity index (χ0n) is 14.6. The van der Waals surface area contributed by atoms with Crippen molar-refractivity contribution in [3.63, 3.8) is 0 Å². The van der Waals surface area contributed by atoms with E-state index in [-0.39, 0.29) is 23.4 Å². The van der Waals surface area contributed by atoms with E-state index in [2.05, 4.69) is 25.3 Å². The number of nitrogens with zero attached hydrogens (tertiary/aromatic N) is 5. The van der Waals surface area contributed by atoms with Crippen molar-refractivity contribution < 1.29 is 4.39 Å². The van der Waals surface area contributed by atoms with Crippen molar-refractivity contribution in [2.75, 3.05) is 11.1 Å². The molecule has 0 atom stereocenters. The van der Waals surface area contributed by atoms with Crippen molar-refractivity contribution in [1.82, 2.24) is 19.9 Å². The van der Waals surface area contributed by atoms with Crippen LogP contribution in [0.4, 0.5) is 16.0 Å². The van der Waals surface area contributed by atoms with Gasteiger partial charge in [-0.1, -0.05) is 18.2 Å². The Kier molecular flexibility index (Phi) is 4.48. The average Bonchev–Trinajstić information content (AvgIpc) is 2.72. The maximum Gasteiger partial charge on any atom is 0.149 e. The molecule has 0 bridgehead atoms. The summed E-state index contributed by atoms with van der Waals surface area (Å²) in [6.07, 6.45) is 4.56. The van der Waals surface area contributed by atoms with Gasteiger partial charge in [0.15, 0.2) is 0 Å². The SMILES string of the molecule is N#Cc1c(N)ncnc1NCc1cnc2c(F)cccc2c1-c1ccccn1. The maximum atomic E-state index is 14.2. The summed E-state index contributed by atoms with van der Waals surface area (Å²) in [6, 6.07) is 12.3. The number of benzene rings is 1. The summed E-state index contributed by atoms with van der Waals surface area (Å²) in [6.45, 7) is 0.288. The molecule has 0 aliphatic heterocycles. The highest BCUT2D eigenvalue weighted by Crippen LogP contribution is 2.31. The lowest BCUT2D eigenvalue weighted by atomic mass is 9.99. The molecule has 3 aromatic heterocycles. The van der Waals surface area contributed by atoms with Gasteiger partial charge in [0.05, 0.1) is 5.69 Å². The van der Waals surface area contributed by atoms with Gasteiger partial charge in [-0.25, -0.2) is 14.4 Å². The number of nitrogens with one attached hydrogen (secondary N) is 1. The number of nitriles is 1. The van der Waals surface area contributed by atoms with Crippen LogP contribution in [0.3, 0.4) is 0 Å². The number of anilines is 2. The van der Waals surface area contributed by atoms with Crippen LogP contribution < -0.4 is 11.1 Å². The van der Waals surface area contributed by atoms with Crippen LogP contribution in [0.15, 0.2) is 55.1 Å². The molecular formula is C20H14FN7. The Hall–Kier alpha value is -4.12. The fourth-order valence-corrected chi connectivity index (χ4v) is 3.00. The van der Waals surface area contributed by atoms with Crippen LogP contribution in [-0.2, 0) is 6.54 Å². The number of nitrogen functional groups attached to an aromatic ring is 1. The number of halogens is 1. The molecule has 0 aliphatic rings. The molecule has 0 unspecified atom stereocenters. The molecular weight excluding hydrogens is 357 g/mol. The van der Waals surface area contributed by atoms with Gasteiger partial charge in [-0.05, 0) is 23.8 Å². The van der Waals surface area contributed by atoms with Gasteiger partial charge in [-0.3, -0.25) is 9.97 Å². The molecule has 0 aliphatic carbocycles. The molecule has 0 amide bonds. The minimum Gasteiger partial charge on any atom is -0.382 e. The Bertz CT molecular complexity index is 1200. The molecule has 8 heteroatoms. The summed E-state index contributed by atoms with van der Waals surface area (Å²) in [5.74, 6) is 0.0227. The Labute approximate surface area is 159 Å². The molecule has 0 fully saturated rings. The van der Waals surface area contributed by atoms with Crippen LogP contribution in [0.25, 0.3) is 22.2 Å². The lowest BCUT2D eigenvalue weighted by Gasteiger charge is -2.14. The molecule has 0 saturated heterocycles. The highest BCUT2D eigenvalue weighted by molar-refractivity contribution is 5.95. The van der Waals surface area contributed by atoms with Gasteiger partial charge < -0.3 is 11.1 Å². The van der Waals surface area contributed by atoms with Crippen molar-refractivity contribution in [1.29, 1.82) is 5.26 Å². The fraction of sp³-hybridized carbons (Fsp3) is 0.0500. The van der Waals surface area contributed by atoms with Gasteiger partial charge in [0.2, 0.25) is 0 Å². The van der Waals surface area contributed by atoms with E-state index in [0.29, 0.717) is 16.9 Å². The molecule has 4 rings (SSSR count). The number of pyridine rings is 2. The molecule has 136 valence electrons. The van der Waals surface area contributed by atoms with Crippen LogP contribution in [0, 0.1) is 17.1 Å². The third-order valence-corrected chi connectivity index (χ3v) is 4.28. The molecule has 28 heavy (non-hydrogen) atoms. The lowest BCUT2D eigenvalue weighted by molar-refractivity contribution is 0.637. The topological polar surface area (TPSA) is 113 Å². The van der Waals surface area contributed by atoms with Crippen LogP contribution >= 0.6 is 0 Å². The van der Waals surface area contributed by atoms with E-state index >= 15 is 0 Å². The number of hydrogen-bond acceptors (Lipinski definition) is 7. The first-order chi connectivity index (χ1) is 13.7. The zero-order valence-corrected chi connectivity index (χ0v) is 14.6.